The van der Waals surface area contributed by atoms with Gasteiger partial charge < -0.3 is 5.73 Å². The summed E-state index contributed by atoms with van der Waals surface area (Å²) >= 11 is 8.94. The van der Waals surface area contributed by atoms with Gasteiger partial charge in [0.1, 0.15) is 0 Å². The van der Waals surface area contributed by atoms with Crippen molar-refractivity contribution in [2.75, 3.05) is 5.73 Å². The second kappa shape index (κ2) is 7.90. The Bertz CT molecular complexity index is 1010. The van der Waals surface area contributed by atoms with Gasteiger partial charge in [0, 0.05) is 10.6 Å². The van der Waals surface area contributed by atoms with Gasteiger partial charge in [-0.3, -0.25) is 4.79 Å². The minimum absolute atomic E-state index is 0.00189. The molecule has 0 aliphatic heterocycles. The third kappa shape index (κ3) is 4.81. The van der Waals surface area contributed by atoms with Crippen LogP contribution in [0.4, 0.5) is 5.00 Å². The third-order valence-corrected chi connectivity index (χ3v) is 5.91. The molecule has 0 amide bonds. The van der Waals surface area contributed by atoms with Crippen molar-refractivity contribution in [2.24, 2.45) is 5.41 Å². The summed E-state index contributed by atoms with van der Waals surface area (Å²) in [7, 11) is 0. The summed E-state index contributed by atoms with van der Waals surface area (Å²) < 4.78 is 0. The van der Waals surface area contributed by atoms with Gasteiger partial charge in [0.2, 0.25) is 0 Å². The van der Waals surface area contributed by atoms with Gasteiger partial charge in [-0.2, -0.15) is 0 Å². The van der Waals surface area contributed by atoms with Gasteiger partial charge in [0.25, 0.3) is 0 Å². The quantitative estimate of drug-likeness (QED) is 0.406. The molecule has 27 heavy (non-hydrogen) atoms. The van der Waals surface area contributed by atoms with E-state index in [0.29, 0.717) is 21.2 Å². The van der Waals surface area contributed by atoms with Crippen LogP contribution in [0.5, 0.6) is 0 Å². The molecule has 0 bridgehead atoms. The first kappa shape index (κ1) is 19.7. The van der Waals surface area contributed by atoms with E-state index in [0.717, 1.165) is 21.7 Å². The number of rotatable bonds is 3. The maximum atomic E-state index is 13.2. The molecule has 0 saturated heterocycles. The molecule has 138 valence electrons. The highest BCUT2D eigenvalue weighted by Crippen LogP contribution is 2.36. The zero-order valence-electron chi connectivity index (χ0n) is 15.4. The molecule has 0 aliphatic carbocycles. The fourth-order valence-electron chi connectivity index (χ4n) is 2.75. The minimum Gasteiger partial charge on any atom is -0.390 e. The van der Waals surface area contributed by atoms with E-state index >= 15 is 0 Å². The number of benzene rings is 1. The fraction of sp³-hybridized carbons (Fsp3) is 0.227. The SMILES string of the molecule is CC(C)(C)Cc1c(C#Cc2cccs2)sc(N)c1C(=O)c1ccc(Cl)cc1. The van der Waals surface area contributed by atoms with Gasteiger partial charge in [-0.05, 0) is 65.0 Å². The lowest BCUT2D eigenvalue weighted by Gasteiger charge is -2.19. The second-order valence-electron chi connectivity index (χ2n) is 7.45. The van der Waals surface area contributed by atoms with Crippen molar-refractivity contribution in [3.8, 4) is 11.8 Å². The van der Waals surface area contributed by atoms with Crippen molar-refractivity contribution < 1.29 is 4.79 Å². The van der Waals surface area contributed by atoms with E-state index in [-0.39, 0.29) is 11.2 Å². The normalized spacial score (nSPS) is 11.1. The van der Waals surface area contributed by atoms with Crippen molar-refractivity contribution >= 4 is 45.1 Å². The molecule has 0 fully saturated rings. The van der Waals surface area contributed by atoms with Gasteiger partial charge in [0.05, 0.1) is 20.3 Å². The number of hydrogen-bond acceptors (Lipinski definition) is 4. The van der Waals surface area contributed by atoms with Crippen LogP contribution in [0.25, 0.3) is 0 Å². The van der Waals surface area contributed by atoms with Crippen molar-refractivity contribution in [1.29, 1.82) is 0 Å². The first-order chi connectivity index (χ1) is 12.7. The van der Waals surface area contributed by atoms with Crippen LogP contribution in [0, 0.1) is 17.3 Å². The first-order valence-electron chi connectivity index (χ1n) is 8.51. The number of thiophene rings is 2. The molecule has 3 rings (SSSR count). The summed E-state index contributed by atoms with van der Waals surface area (Å²) in [5.41, 5.74) is 8.38. The highest BCUT2D eigenvalue weighted by atomic mass is 35.5. The Hall–Kier alpha value is -2.06. The fourth-order valence-corrected chi connectivity index (χ4v) is 4.38. The molecule has 0 unspecified atom stereocenters. The molecule has 5 heteroatoms. The van der Waals surface area contributed by atoms with Crippen molar-refractivity contribution in [3.05, 3.63) is 73.2 Å². The third-order valence-electron chi connectivity index (χ3n) is 3.90. The Morgan fingerprint density at radius 1 is 1.15 bits per heavy atom. The lowest BCUT2D eigenvalue weighted by atomic mass is 9.85. The van der Waals surface area contributed by atoms with E-state index in [4.69, 9.17) is 17.3 Å². The molecule has 0 aliphatic rings. The van der Waals surface area contributed by atoms with Gasteiger partial charge >= 0.3 is 0 Å². The Balaban J connectivity index is 2.09. The predicted molar refractivity (Wildman–Crippen MR) is 117 cm³/mol. The molecule has 3 aromatic rings. The second-order valence-corrected chi connectivity index (χ2v) is 9.89. The summed E-state index contributed by atoms with van der Waals surface area (Å²) in [6.07, 6.45) is 0.726. The van der Waals surface area contributed by atoms with Crippen molar-refractivity contribution in [2.45, 2.75) is 27.2 Å². The Morgan fingerprint density at radius 3 is 2.44 bits per heavy atom. The predicted octanol–water partition coefficient (Wildman–Crippen LogP) is 6.26. The molecule has 2 N–H and O–H groups in total. The average Bonchev–Trinajstić information content (AvgIpc) is 3.20. The maximum absolute atomic E-state index is 13.2. The molecule has 2 nitrogen and oxygen atoms in total. The summed E-state index contributed by atoms with van der Waals surface area (Å²) in [4.78, 5) is 15.0. The highest BCUT2D eigenvalue weighted by Gasteiger charge is 2.26. The molecule has 0 spiro atoms. The number of nitrogen functional groups attached to an aromatic ring is 1. The van der Waals surface area contributed by atoms with E-state index in [9.17, 15) is 4.79 Å². The van der Waals surface area contributed by atoms with E-state index < -0.39 is 0 Å². The summed E-state index contributed by atoms with van der Waals surface area (Å²) in [5, 5.41) is 3.12. The van der Waals surface area contributed by atoms with Crippen LogP contribution in [0.2, 0.25) is 5.02 Å². The average molecular weight is 414 g/mol. The van der Waals surface area contributed by atoms with E-state index in [1.165, 1.54) is 11.3 Å². The lowest BCUT2D eigenvalue weighted by Crippen LogP contribution is -2.14. The summed E-state index contributed by atoms with van der Waals surface area (Å²) in [6, 6.07) is 10.9. The zero-order valence-corrected chi connectivity index (χ0v) is 17.8. The molecule has 2 aromatic heterocycles. The number of carbonyl (C=O) groups is 1. The van der Waals surface area contributed by atoms with Crippen LogP contribution in [0.1, 0.15) is 52.0 Å². The topological polar surface area (TPSA) is 43.1 Å². The van der Waals surface area contributed by atoms with Gasteiger partial charge in [-0.1, -0.05) is 38.4 Å². The summed E-state index contributed by atoms with van der Waals surface area (Å²) in [5.74, 6) is 6.35. The maximum Gasteiger partial charge on any atom is 0.196 e. The van der Waals surface area contributed by atoms with Gasteiger partial charge in [-0.15, -0.1) is 22.7 Å². The molecule has 0 saturated carbocycles. The number of hydrogen-bond donors (Lipinski definition) is 1. The van der Waals surface area contributed by atoms with Crippen LogP contribution >= 0.6 is 34.3 Å². The number of halogens is 1. The van der Waals surface area contributed by atoms with Gasteiger partial charge in [0.15, 0.2) is 5.78 Å². The van der Waals surface area contributed by atoms with E-state index in [1.54, 1.807) is 35.6 Å². The Labute approximate surface area is 173 Å². The van der Waals surface area contributed by atoms with E-state index in [2.05, 4.69) is 32.6 Å². The van der Waals surface area contributed by atoms with E-state index in [1.807, 2.05) is 17.5 Å². The first-order valence-corrected chi connectivity index (χ1v) is 10.6. The largest absolute Gasteiger partial charge is 0.390 e. The number of anilines is 1. The number of nitrogens with two attached hydrogens (primary N) is 1. The van der Waals surface area contributed by atoms with Crippen molar-refractivity contribution in [3.63, 3.8) is 0 Å². The van der Waals surface area contributed by atoms with Crippen molar-refractivity contribution in [1.82, 2.24) is 0 Å². The monoisotopic (exact) mass is 413 g/mol. The lowest BCUT2D eigenvalue weighted by molar-refractivity contribution is 0.103. The molecule has 2 heterocycles. The Morgan fingerprint density at radius 2 is 1.85 bits per heavy atom. The molecule has 1 aromatic carbocycles. The van der Waals surface area contributed by atoms with Crippen LogP contribution in [0.15, 0.2) is 41.8 Å². The molecule has 0 radical (unpaired) electrons. The zero-order chi connectivity index (χ0) is 19.6. The smallest absolute Gasteiger partial charge is 0.196 e. The van der Waals surface area contributed by atoms with Crippen LogP contribution in [0.3, 0.4) is 0 Å². The highest BCUT2D eigenvalue weighted by molar-refractivity contribution is 7.17. The number of ketones is 1. The van der Waals surface area contributed by atoms with Crippen LogP contribution < -0.4 is 5.73 Å². The van der Waals surface area contributed by atoms with Crippen LogP contribution in [-0.4, -0.2) is 5.78 Å². The van der Waals surface area contributed by atoms with Crippen LogP contribution in [-0.2, 0) is 6.42 Å². The molecular formula is C22H20ClNOS2. The number of carbonyl (C=O) groups excluding carboxylic acids is 1. The molecule has 0 atom stereocenters. The Kier molecular flexibility index (Phi) is 5.76. The van der Waals surface area contributed by atoms with Gasteiger partial charge in [-0.25, -0.2) is 0 Å². The minimum atomic E-state index is -0.0798. The molecular weight excluding hydrogens is 394 g/mol. The summed E-state index contributed by atoms with van der Waals surface area (Å²) in [6.45, 7) is 6.44. The standard InChI is InChI=1S/C22H20ClNOS2/c1-22(2,3)13-17-18(11-10-16-5-4-12-26-16)27-21(24)19(17)20(25)14-6-8-15(23)9-7-14/h4-9,12H,13,24H2,1-3H3.